The molecule has 2 aromatic carbocycles. The first-order chi connectivity index (χ1) is 20.3. The summed E-state index contributed by atoms with van der Waals surface area (Å²) in [7, 11) is -2.65. The van der Waals surface area contributed by atoms with Gasteiger partial charge in [-0.2, -0.15) is 0 Å². The normalized spacial score (nSPS) is 24.2. The van der Waals surface area contributed by atoms with Gasteiger partial charge in [0.05, 0.1) is 43.4 Å². The summed E-state index contributed by atoms with van der Waals surface area (Å²) in [6, 6.07) is 14.5. The number of hydroxylamine groups is 1. The number of rotatable bonds is 12. The maximum atomic E-state index is 13.7. The van der Waals surface area contributed by atoms with Crippen LogP contribution in [0.5, 0.6) is 5.75 Å². The number of hydrogen-bond donors (Lipinski definition) is 2. The number of carbonyl (C=O) groups excluding carboxylic acids is 1. The van der Waals surface area contributed by atoms with E-state index in [1.54, 1.807) is 12.1 Å². The Bertz CT molecular complexity index is 1260. The molecule has 0 radical (unpaired) electrons. The lowest BCUT2D eigenvalue weighted by Crippen LogP contribution is -2.51. The first-order valence-corrected chi connectivity index (χ1v) is 16.0. The van der Waals surface area contributed by atoms with Gasteiger partial charge in [-0.15, -0.1) is 0 Å². The Morgan fingerprint density at radius 2 is 1.79 bits per heavy atom. The van der Waals surface area contributed by atoms with Crippen molar-refractivity contribution in [3.63, 3.8) is 0 Å². The Morgan fingerprint density at radius 1 is 1.05 bits per heavy atom. The third-order valence-corrected chi connectivity index (χ3v) is 9.71. The summed E-state index contributed by atoms with van der Waals surface area (Å²) in [6.45, 7) is 0.454. The molecule has 0 spiro atoms. The molecule has 1 amide bonds. The van der Waals surface area contributed by atoms with Gasteiger partial charge in [0, 0.05) is 12.5 Å². The number of methoxy groups -OCH3 is 1. The second kappa shape index (κ2) is 14.2. The molecule has 0 bridgehead atoms. The highest BCUT2D eigenvalue weighted by atomic mass is 32.2. The van der Waals surface area contributed by atoms with Gasteiger partial charge < -0.3 is 29.4 Å². The topological polar surface area (TPSA) is 133 Å². The van der Waals surface area contributed by atoms with Crippen molar-refractivity contribution in [3.8, 4) is 5.75 Å². The average molecular weight is 605 g/mol. The van der Waals surface area contributed by atoms with Crippen LogP contribution in [-0.2, 0) is 35.5 Å². The lowest BCUT2D eigenvalue weighted by atomic mass is 9.97. The largest absolute Gasteiger partial charge is 0.497 e. The molecule has 2 heterocycles. The lowest BCUT2D eigenvalue weighted by molar-refractivity contribution is -0.152. The molecular weight excluding hydrogens is 564 g/mol. The molecule has 3 aliphatic rings. The molecule has 11 nitrogen and oxygen atoms in total. The van der Waals surface area contributed by atoms with E-state index in [-0.39, 0.29) is 36.2 Å². The van der Waals surface area contributed by atoms with E-state index in [0.29, 0.717) is 12.4 Å². The van der Waals surface area contributed by atoms with Crippen LogP contribution in [0.2, 0.25) is 0 Å². The van der Waals surface area contributed by atoms with Crippen LogP contribution < -0.4 is 10.1 Å². The minimum atomic E-state index is -4.15. The summed E-state index contributed by atoms with van der Waals surface area (Å²) in [5.74, 6) is 0.466. The average Bonchev–Trinajstić information content (AvgIpc) is 3.67. The standard InChI is InChI=1S/C30H40N2O9S/c1-37-22-13-15-24(16-14-22)42(35,36)32(41-23-10-5-6-11-23)19-27(33)26(18-21-8-3-2-4-9-21)31-30(34)40-28-20-39-29-25(28)12-7-17-38-29/h2-4,8-9,13-16,23,25-29,33H,5-7,10-12,17-20H2,1H3,(H,31,34)/t25-,26+,27+,28-,29+/m1/s1. The van der Waals surface area contributed by atoms with E-state index in [1.807, 2.05) is 30.3 Å². The highest BCUT2D eigenvalue weighted by molar-refractivity contribution is 7.89. The van der Waals surface area contributed by atoms with Crippen LogP contribution in [0.15, 0.2) is 59.5 Å². The van der Waals surface area contributed by atoms with Gasteiger partial charge in [0.1, 0.15) is 11.9 Å². The molecule has 0 unspecified atom stereocenters. The van der Waals surface area contributed by atoms with E-state index in [1.165, 1.54) is 19.2 Å². The smallest absolute Gasteiger partial charge is 0.407 e. The quantitative estimate of drug-likeness (QED) is 0.350. The molecule has 1 aliphatic carbocycles. The van der Waals surface area contributed by atoms with Crippen LogP contribution in [0.4, 0.5) is 4.79 Å². The Balaban J connectivity index is 1.33. The van der Waals surface area contributed by atoms with E-state index in [4.69, 9.17) is 23.8 Å². The molecule has 1 saturated carbocycles. The zero-order valence-corrected chi connectivity index (χ0v) is 24.6. The van der Waals surface area contributed by atoms with Gasteiger partial charge in [0.15, 0.2) is 6.29 Å². The number of nitrogens with one attached hydrogen (secondary N) is 1. The molecule has 2 aliphatic heterocycles. The second-order valence-corrected chi connectivity index (χ2v) is 12.8. The zero-order chi connectivity index (χ0) is 29.5. The molecule has 2 aromatic rings. The van der Waals surface area contributed by atoms with Crippen LogP contribution in [0.3, 0.4) is 0 Å². The molecule has 12 heteroatoms. The fourth-order valence-electron chi connectivity index (χ4n) is 5.72. The fraction of sp³-hybridized carbons (Fsp3) is 0.567. The Morgan fingerprint density at radius 3 is 2.50 bits per heavy atom. The summed E-state index contributed by atoms with van der Waals surface area (Å²) in [4.78, 5) is 19.1. The van der Waals surface area contributed by atoms with Gasteiger partial charge in [0.2, 0.25) is 0 Å². The van der Waals surface area contributed by atoms with E-state index >= 15 is 0 Å². The Hall–Kier alpha value is -2.74. The number of aliphatic hydroxyl groups is 1. The predicted octanol–water partition coefficient (Wildman–Crippen LogP) is 3.41. The molecule has 0 aromatic heterocycles. The summed E-state index contributed by atoms with van der Waals surface area (Å²) < 4.78 is 50.5. The van der Waals surface area contributed by atoms with Crippen molar-refractivity contribution in [3.05, 3.63) is 60.2 Å². The number of aliphatic hydroxyl groups excluding tert-OH is 1. The van der Waals surface area contributed by atoms with E-state index in [0.717, 1.165) is 48.6 Å². The molecule has 3 fully saturated rings. The maximum Gasteiger partial charge on any atom is 0.407 e. The number of nitrogens with zero attached hydrogens (tertiary/aromatic N) is 1. The molecule has 2 saturated heterocycles. The minimum Gasteiger partial charge on any atom is -0.497 e. The number of carbonyl (C=O) groups is 1. The molecule has 230 valence electrons. The molecule has 5 rings (SSSR count). The molecular formula is C30H40N2O9S. The second-order valence-electron chi connectivity index (χ2n) is 11.0. The van der Waals surface area contributed by atoms with Gasteiger partial charge in [-0.25, -0.2) is 13.2 Å². The van der Waals surface area contributed by atoms with Crippen molar-refractivity contribution in [2.45, 2.75) is 80.5 Å². The van der Waals surface area contributed by atoms with Gasteiger partial charge in [-0.05, 0) is 61.9 Å². The number of hydrogen-bond acceptors (Lipinski definition) is 9. The molecule has 5 atom stereocenters. The van der Waals surface area contributed by atoms with Crippen LogP contribution in [0, 0.1) is 5.92 Å². The SMILES string of the molecule is COc1ccc(S(=O)(=O)N(C[C@H](O)[C@H](Cc2ccccc2)NC(=O)O[C@@H]2CO[C@@H]3OCCC[C@@H]32)OC2CCCC2)cc1. The number of fused-ring (bicyclic) bond motifs is 1. The monoisotopic (exact) mass is 604 g/mol. The molecule has 2 N–H and O–H groups in total. The summed E-state index contributed by atoms with van der Waals surface area (Å²) in [5.41, 5.74) is 0.855. The maximum absolute atomic E-state index is 13.7. The predicted molar refractivity (Wildman–Crippen MR) is 152 cm³/mol. The summed E-state index contributed by atoms with van der Waals surface area (Å²) in [6.07, 6.45) is 2.07. The fourth-order valence-corrected chi connectivity index (χ4v) is 7.02. The first kappa shape index (κ1) is 30.7. The van der Waals surface area contributed by atoms with E-state index in [9.17, 15) is 18.3 Å². The molecule has 42 heavy (non-hydrogen) atoms. The van der Waals surface area contributed by atoms with Crippen molar-refractivity contribution in [1.82, 2.24) is 9.79 Å². The zero-order valence-electron chi connectivity index (χ0n) is 23.8. The number of alkyl carbamates (subject to hydrolysis) is 1. The first-order valence-electron chi connectivity index (χ1n) is 14.6. The van der Waals surface area contributed by atoms with Crippen LogP contribution in [-0.4, -0.2) is 81.6 Å². The van der Waals surface area contributed by atoms with E-state index in [2.05, 4.69) is 5.32 Å². The van der Waals surface area contributed by atoms with Crippen molar-refractivity contribution in [2.24, 2.45) is 5.92 Å². The lowest BCUT2D eigenvalue weighted by Gasteiger charge is -2.31. The van der Waals surface area contributed by atoms with Crippen molar-refractivity contribution >= 4 is 16.1 Å². The highest BCUT2D eigenvalue weighted by Crippen LogP contribution is 2.32. The van der Waals surface area contributed by atoms with Gasteiger partial charge in [-0.1, -0.05) is 47.6 Å². The van der Waals surface area contributed by atoms with Crippen molar-refractivity contribution < 1.29 is 42.1 Å². The van der Waals surface area contributed by atoms with Crippen molar-refractivity contribution in [2.75, 3.05) is 26.9 Å². The number of sulfonamides is 1. The number of amides is 1. The van der Waals surface area contributed by atoms with Gasteiger partial charge >= 0.3 is 6.09 Å². The third-order valence-electron chi connectivity index (χ3n) is 8.07. The Kier molecular flexibility index (Phi) is 10.3. The highest BCUT2D eigenvalue weighted by Gasteiger charge is 2.42. The number of ether oxygens (including phenoxy) is 4. The van der Waals surface area contributed by atoms with Crippen LogP contribution in [0.1, 0.15) is 44.1 Å². The Labute approximate surface area is 247 Å². The van der Waals surface area contributed by atoms with Crippen LogP contribution in [0.25, 0.3) is 0 Å². The number of benzene rings is 2. The van der Waals surface area contributed by atoms with Gasteiger partial charge in [-0.3, -0.25) is 4.84 Å². The van der Waals surface area contributed by atoms with Crippen molar-refractivity contribution in [1.29, 1.82) is 0 Å². The summed E-state index contributed by atoms with van der Waals surface area (Å²) >= 11 is 0. The van der Waals surface area contributed by atoms with E-state index < -0.39 is 40.9 Å². The minimum absolute atomic E-state index is 0.00552. The summed E-state index contributed by atoms with van der Waals surface area (Å²) in [5, 5.41) is 14.3. The van der Waals surface area contributed by atoms with Crippen LogP contribution >= 0.6 is 0 Å². The van der Waals surface area contributed by atoms with Gasteiger partial charge in [0.25, 0.3) is 10.0 Å². The third kappa shape index (κ3) is 7.61.